The van der Waals surface area contributed by atoms with Crippen molar-refractivity contribution in [1.82, 2.24) is 9.38 Å². The number of rotatable bonds is 3. The molecule has 0 saturated heterocycles. The number of imidazole rings is 1. The normalized spacial score (nSPS) is 11.2. The van der Waals surface area contributed by atoms with Gasteiger partial charge in [0.25, 0.3) is 0 Å². The van der Waals surface area contributed by atoms with Gasteiger partial charge in [-0.05, 0) is 22.0 Å². The summed E-state index contributed by atoms with van der Waals surface area (Å²) in [6.07, 6.45) is 1.91. The van der Waals surface area contributed by atoms with Crippen molar-refractivity contribution in [2.45, 2.75) is 5.33 Å². The number of nitrogens with zero attached hydrogens (tertiary/aromatic N) is 2. The first-order valence-electron chi connectivity index (χ1n) is 5.43. The Hall–Kier alpha value is -0.630. The number of benzene rings is 1. The molecule has 104 valence electrons. The quantitative estimate of drug-likeness (QED) is 0.389. The second-order valence-electron chi connectivity index (χ2n) is 3.85. The zero-order chi connectivity index (χ0) is 14.3. The molecule has 0 bridgehead atoms. The summed E-state index contributed by atoms with van der Waals surface area (Å²) in [4.78, 5) is 5.20. The third-order valence-corrected chi connectivity index (χ3v) is 4.83. The van der Waals surface area contributed by atoms with Crippen LogP contribution < -0.4 is 4.74 Å². The summed E-state index contributed by atoms with van der Waals surface area (Å²) in [6, 6.07) is 2.69. The SMILES string of the molecule is Fc1cc(Oc2nc3sccn3c2CBr)c(Br)cc1Cl. The van der Waals surface area contributed by atoms with Crippen LogP contribution >= 0.6 is 54.8 Å². The van der Waals surface area contributed by atoms with E-state index in [1.165, 1.54) is 23.5 Å². The maximum absolute atomic E-state index is 13.5. The molecule has 0 aliphatic heterocycles. The molecule has 3 aromatic rings. The molecule has 0 N–H and O–H groups in total. The van der Waals surface area contributed by atoms with E-state index in [0.717, 1.165) is 10.7 Å². The van der Waals surface area contributed by atoms with Crippen molar-refractivity contribution >= 4 is 59.8 Å². The lowest BCUT2D eigenvalue weighted by atomic mass is 10.3. The van der Waals surface area contributed by atoms with Crippen molar-refractivity contribution in [1.29, 1.82) is 0 Å². The van der Waals surface area contributed by atoms with Crippen LogP contribution in [0, 0.1) is 5.82 Å². The Balaban J connectivity index is 2.05. The van der Waals surface area contributed by atoms with Gasteiger partial charge in [-0.15, -0.1) is 11.3 Å². The average Bonchev–Trinajstić information content (AvgIpc) is 2.96. The molecule has 20 heavy (non-hydrogen) atoms. The number of hydrogen-bond donors (Lipinski definition) is 0. The molecule has 2 aromatic heterocycles. The zero-order valence-electron chi connectivity index (χ0n) is 9.74. The highest BCUT2D eigenvalue weighted by Gasteiger charge is 2.16. The molecule has 0 saturated carbocycles. The minimum atomic E-state index is -0.536. The number of thiazole rings is 1. The highest BCUT2D eigenvalue weighted by Crippen LogP contribution is 2.35. The first-order chi connectivity index (χ1) is 9.60. The molecule has 8 heteroatoms. The lowest BCUT2D eigenvalue weighted by molar-refractivity contribution is 0.454. The van der Waals surface area contributed by atoms with Gasteiger partial charge in [-0.3, -0.25) is 4.40 Å². The molecule has 3 rings (SSSR count). The first kappa shape index (κ1) is 14.3. The van der Waals surface area contributed by atoms with Crippen LogP contribution in [0.25, 0.3) is 4.96 Å². The third kappa shape index (κ3) is 2.47. The van der Waals surface area contributed by atoms with E-state index in [9.17, 15) is 4.39 Å². The standard InChI is InChI=1S/C12H6Br2ClFN2OS/c13-5-9-11(17-12-18(9)1-2-20-12)19-10-4-8(16)7(15)3-6(10)14/h1-4H,5H2. The molecule has 0 unspecified atom stereocenters. The fraction of sp³-hybridized carbons (Fsp3) is 0.0833. The van der Waals surface area contributed by atoms with Gasteiger partial charge in [-0.2, -0.15) is 4.98 Å². The molecule has 0 amide bonds. The van der Waals surface area contributed by atoms with E-state index in [2.05, 4.69) is 36.8 Å². The van der Waals surface area contributed by atoms with E-state index >= 15 is 0 Å². The van der Waals surface area contributed by atoms with Gasteiger partial charge in [-0.1, -0.05) is 27.5 Å². The number of halogens is 4. The van der Waals surface area contributed by atoms with E-state index in [4.69, 9.17) is 16.3 Å². The molecule has 3 nitrogen and oxygen atoms in total. The molecule has 0 radical (unpaired) electrons. The third-order valence-electron chi connectivity index (χ3n) is 2.63. The van der Waals surface area contributed by atoms with Crippen LogP contribution in [0.4, 0.5) is 4.39 Å². The van der Waals surface area contributed by atoms with Gasteiger partial charge < -0.3 is 4.74 Å². The maximum Gasteiger partial charge on any atom is 0.243 e. The van der Waals surface area contributed by atoms with Gasteiger partial charge in [0.05, 0.1) is 15.2 Å². The summed E-state index contributed by atoms with van der Waals surface area (Å²) in [6.45, 7) is 0. The van der Waals surface area contributed by atoms with Gasteiger partial charge in [0.15, 0.2) is 4.96 Å². The number of aromatic nitrogens is 2. The van der Waals surface area contributed by atoms with Crippen LogP contribution in [0.3, 0.4) is 0 Å². The van der Waals surface area contributed by atoms with Gasteiger partial charge in [-0.25, -0.2) is 4.39 Å². The lowest BCUT2D eigenvalue weighted by Crippen LogP contribution is -1.92. The number of alkyl halides is 1. The van der Waals surface area contributed by atoms with Crippen molar-refractivity contribution in [3.8, 4) is 11.6 Å². The summed E-state index contributed by atoms with van der Waals surface area (Å²) in [5.41, 5.74) is 0.864. The van der Waals surface area contributed by atoms with Crippen LogP contribution in [0.2, 0.25) is 5.02 Å². The summed E-state index contributed by atoms with van der Waals surface area (Å²) in [7, 11) is 0. The molecule has 1 aromatic carbocycles. The zero-order valence-corrected chi connectivity index (χ0v) is 14.5. The largest absolute Gasteiger partial charge is 0.436 e. The Labute approximate surface area is 139 Å². The van der Waals surface area contributed by atoms with Gasteiger partial charge in [0.1, 0.15) is 11.6 Å². The van der Waals surface area contributed by atoms with Crippen LogP contribution in [0.15, 0.2) is 28.2 Å². The van der Waals surface area contributed by atoms with Crippen molar-refractivity contribution in [2.75, 3.05) is 0 Å². The van der Waals surface area contributed by atoms with Crippen molar-refractivity contribution in [2.24, 2.45) is 0 Å². The maximum atomic E-state index is 13.5. The lowest BCUT2D eigenvalue weighted by Gasteiger charge is -2.07. The minimum absolute atomic E-state index is 0.0377. The van der Waals surface area contributed by atoms with E-state index in [1.54, 1.807) is 0 Å². The predicted octanol–water partition coefficient (Wildman–Crippen LogP) is 5.64. The fourth-order valence-electron chi connectivity index (χ4n) is 1.70. The monoisotopic (exact) mass is 438 g/mol. The van der Waals surface area contributed by atoms with Crippen LogP contribution in [-0.4, -0.2) is 9.38 Å². The van der Waals surface area contributed by atoms with Crippen LogP contribution in [0.1, 0.15) is 5.69 Å². The Kier molecular flexibility index (Phi) is 4.03. The first-order valence-corrected chi connectivity index (χ1v) is 8.60. The summed E-state index contributed by atoms with van der Waals surface area (Å²) in [5.74, 6) is 0.238. The number of ether oxygens (including phenoxy) is 1. The number of fused-ring (bicyclic) bond motifs is 1. The van der Waals surface area contributed by atoms with E-state index in [1.807, 2.05) is 16.0 Å². The fourth-order valence-corrected chi connectivity index (χ4v) is 3.66. The molecular weight excluding hydrogens is 434 g/mol. The molecule has 0 aliphatic rings. The van der Waals surface area contributed by atoms with Crippen LogP contribution in [-0.2, 0) is 5.33 Å². The van der Waals surface area contributed by atoms with Gasteiger partial charge >= 0.3 is 0 Å². The number of hydrogen-bond acceptors (Lipinski definition) is 3. The molecular formula is C12H6Br2ClFN2OS. The van der Waals surface area contributed by atoms with Crippen molar-refractivity contribution < 1.29 is 9.13 Å². The van der Waals surface area contributed by atoms with Crippen molar-refractivity contribution in [3.63, 3.8) is 0 Å². The summed E-state index contributed by atoms with van der Waals surface area (Å²) < 4.78 is 21.7. The Morgan fingerprint density at radius 3 is 3.00 bits per heavy atom. The van der Waals surface area contributed by atoms with Crippen LogP contribution in [0.5, 0.6) is 11.6 Å². The minimum Gasteiger partial charge on any atom is -0.436 e. The highest BCUT2D eigenvalue weighted by molar-refractivity contribution is 9.10. The topological polar surface area (TPSA) is 26.5 Å². The van der Waals surface area contributed by atoms with Gasteiger partial charge in [0, 0.05) is 23.0 Å². The highest BCUT2D eigenvalue weighted by atomic mass is 79.9. The summed E-state index contributed by atoms with van der Waals surface area (Å²) >= 11 is 13.9. The van der Waals surface area contributed by atoms with Crippen molar-refractivity contribution in [3.05, 3.63) is 44.7 Å². The molecule has 0 aliphatic carbocycles. The second kappa shape index (κ2) is 5.63. The Bertz CT molecular complexity index is 789. The van der Waals surface area contributed by atoms with E-state index in [0.29, 0.717) is 21.4 Å². The second-order valence-corrected chi connectivity index (χ2v) is 6.55. The Morgan fingerprint density at radius 1 is 1.45 bits per heavy atom. The summed E-state index contributed by atoms with van der Waals surface area (Å²) in [5, 5.41) is 2.56. The predicted molar refractivity (Wildman–Crippen MR) is 84.9 cm³/mol. The average molecular weight is 441 g/mol. The smallest absolute Gasteiger partial charge is 0.243 e. The van der Waals surface area contributed by atoms with E-state index < -0.39 is 5.82 Å². The Morgan fingerprint density at radius 2 is 2.25 bits per heavy atom. The van der Waals surface area contributed by atoms with Gasteiger partial charge in [0.2, 0.25) is 5.88 Å². The molecule has 2 heterocycles. The molecule has 0 spiro atoms. The molecule has 0 fully saturated rings. The van der Waals surface area contributed by atoms with E-state index in [-0.39, 0.29) is 5.02 Å². The molecule has 0 atom stereocenters.